The molecule has 3 rings (SSSR count). The lowest BCUT2D eigenvalue weighted by Gasteiger charge is -2.06. The van der Waals surface area contributed by atoms with Crippen molar-refractivity contribution in [2.24, 2.45) is 0 Å². The highest BCUT2D eigenvalue weighted by atomic mass is 16.5. The van der Waals surface area contributed by atoms with E-state index in [0.29, 0.717) is 24.7 Å². The quantitative estimate of drug-likeness (QED) is 0.750. The number of nitrogens with one attached hydrogen (secondary N) is 1. The van der Waals surface area contributed by atoms with Crippen LogP contribution in [0.25, 0.3) is 11.0 Å². The van der Waals surface area contributed by atoms with Gasteiger partial charge in [0.2, 0.25) is 0 Å². The molecule has 1 amide bonds. The van der Waals surface area contributed by atoms with Crippen molar-refractivity contribution < 1.29 is 13.9 Å². The summed E-state index contributed by atoms with van der Waals surface area (Å²) in [6.45, 7) is 5.35. The Morgan fingerprint density at radius 3 is 3.00 bits per heavy atom. The lowest BCUT2D eigenvalue weighted by Crippen LogP contribution is -2.25. The molecule has 24 heavy (non-hydrogen) atoms. The fraction of sp³-hybridized carbons (Fsp3) is 0.353. The second-order valence-electron chi connectivity index (χ2n) is 5.67. The van der Waals surface area contributed by atoms with E-state index < -0.39 is 0 Å². The van der Waals surface area contributed by atoms with Gasteiger partial charge < -0.3 is 19.0 Å². The van der Waals surface area contributed by atoms with E-state index in [1.807, 2.05) is 36.6 Å². The van der Waals surface area contributed by atoms with Crippen molar-refractivity contribution in [3.05, 3.63) is 47.2 Å². The maximum Gasteiger partial charge on any atom is 0.287 e. The van der Waals surface area contributed by atoms with Gasteiger partial charge in [-0.15, -0.1) is 10.2 Å². The average Bonchev–Trinajstić information content (AvgIpc) is 3.15. The Hall–Kier alpha value is -2.67. The number of methoxy groups -OCH3 is 1. The minimum Gasteiger partial charge on any atom is -0.451 e. The molecule has 0 saturated heterocycles. The lowest BCUT2D eigenvalue weighted by atomic mass is 10.1. The van der Waals surface area contributed by atoms with E-state index in [9.17, 15) is 4.79 Å². The van der Waals surface area contributed by atoms with Crippen molar-refractivity contribution in [2.75, 3.05) is 13.7 Å². The van der Waals surface area contributed by atoms with Gasteiger partial charge in [-0.2, -0.15) is 0 Å². The van der Waals surface area contributed by atoms with Crippen molar-refractivity contribution >= 4 is 16.9 Å². The molecule has 2 heterocycles. The highest BCUT2D eigenvalue weighted by molar-refractivity contribution is 5.98. The van der Waals surface area contributed by atoms with E-state index in [0.717, 1.165) is 22.1 Å². The van der Waals surface area contributed by atoms with Crippen LogP contribution in [0.3, 0.4) is 0 Å². The predicted octanol–water partition coefficient (Wildman–Crippen LogP) is 2.22. The van der Waals surface area contributed by atoms with Gasteiger partial charge in [-0.25, -0.2) is 0 Å². The number of benzene rings is 1. The summed E-state index contributed by atoms with van der Waals surface area (Å²) in [7, 11) is 1.64. The molecule has 0 atom stereocenters. The fourth-order valence-electron chi connectivity index (χ4n) is 2.58. The summed E-state index contributed by atoms with van der Waals surface area (Å²) < 4.78 is 12.6. The molecule has 0 saturated carbocycles. The second kappa shape index (κ2) is 6.84. The highest BCUT2D eigenvalue weighted by Gasteiger charge is 2.18. The monoisotopic (exact) mass is 328 g/mol. The number of carbonyl (C=O) groups excluding carboxylic acids is 1. The second-order valence-corrected chi connectivity index (χ2v) is 5.67. The van der Waals surface area contributed by atoms with Crippen LogP contribution in [0.5, 0.6) is 0 Å². The topological polar surface area (TPSA) is 82.2 Å². The number of nitrogens with zero attached hydrogens (tertiary/aromatic N) is 3. The van der Waals surface area contributed by atoms with E-state index in [2.05, 4.69) is 15.5 Å². The van der Waals surface area contributed by atoms with Crippen molar-refractivity contribution in [3.8, 4) is 0 Å². The van der Waals surface area contributed by atoms with Crippen molar-refractivity contribution in [1.29, 1.82) is 0 Å². The van der Waals surface area contributed by atoms with Crippen LogP contribution in [0, 0.1) is 13.8 Å². The highest BCUT2D eigenvalue weighted by Crippen LogP contribution is 2.26. The Morgan fingerprint density at radius 2 is 2.21 bits per heavy atom. The van der Waals surface area contributed by atoms with Gasteiger partial charge in [0.1, 0.15) is 11.9 Å². The van der Waals surface area contributed by atoms with Crippen LogP contribution < -0.4 is 5.32 Å². The molecule has 0 fully saturated rings. The van der Waals surface area contributed by atoms with E-state index in [4.69, 9.17) is 9.15 Å². The normalized spacial score (nSPS) is 11.1. The van der Waals surface area contributed by atoms with E-state index >= 15 is 0 Å². The molecule has 3 aromatic rings. The Bertz CT molecular complexity index is 866. The summed E-state index contributed by atoms with van der Waals surface area (Å²) >= 11 is 0. The van der Waals surface area contributed by atoms with Gasteiger partial charge in [0, 0.05) is 24.6 Å². The van der Waals surface area contributed by atoms with Crippen LogP contribution in [0.4, 0.5) is 0 Å². The molecule has 0 radical (unpaired) electrons. The number of hydrogen-bond donors (Lipinski definition) is 1. The van der Waals surface area contributed by atoms with E-state index in [-0.39, 0.29) is 12.5 Å². The maximum atomic E-state index is 12.5. The zero-order valence-electron chi connectivity index (χ0n) is 14.0. The number of furan rings is 1. The zero-order valence-corrected chi connectivity index (χ0v) is 14.0. The third kappa shape index (κ3) is 3.16. The number of aryl methyl sites for hydroxylation is 2. The third-order valence-electron chi connectivity index (χ3n) is 3.94. The molecule has 7 nitrogen and oxygen atoms in total. The molecule has 0 bridgehead atoms. The van der Waals surface area contributed by atoms with Crippen LogP contribution in [-0.2, 0) is 17.8 Å². The number of amides is 1. The van der Waals surface area contributed by atoms with Crippen molar-refractivity contribution in [3.63, 3.8) is 0 Å². The summed E-state index contributed by atoms with van der Waals surface area (Å²) in [4.78, 5) is 12.5. The summed E-state index contributed by atoms with van der Waals surface area (Å²) in [6.07, 6.45) is 1.62. The van der Waals surface area contributed by atoms with Crippen molar-refractivity contribution in [2.45, 2.75) is 26.9 Å². The molecule has 1 N–H and O–H groups in total. The predicted molar refractivity (Wildman–Crippen MR) is 88.8 cm³/mol. The number of aromatic nitrogens is 3. The van der Waals surface area contributed by atoms with Gasteiger partial charge >= 0.3 is 0 Å². The van der Waals surface area contributed by atoms with E-state index in [1.165, 1.54) is 0 Å². The first kappa shape index (κ1) is 16.2. The maximum absolute atomic E-state index is 12.5. The number of hydrogen-bond acceptors (Lipinski definition) is 5. The molecule has 126 valence electrons. The number of fused-ring (bicyclic) bond motifs is 1. The number of carbonyl (C=O) groups is 1. The number of ether oxygens (including phenoxy) is 1. The van der Waals surface area contributed by atoms with E-state index in [1.54, 1.807) is 13.4 Å². The molecule has 0 unspecified atom stereocenters. The summed E-state index contributed by atoms with van der Waals surface area (Å²) in [5.41, 5.74) is 2.65. The van der Waals surface area contributed by atoms with Crippen LogP contribution in [0.1, 0.15) is 27.5 Å². The molecule has 2 aromatic heterocycles. The Kier molecular flexibility index (Phi) is 4.61. The SMILES string of the molecule is COCCn1cnnc1CNC(=O)c1oc2cc(C)ccc2c1C. The summed E-state index contributed by atoms with van der Waals surface area (Å²) in [5, 5.41) is 11.7. The van der Waals surface area contributed by atoms with Gasteiger partial charge in [0.25, 0.3) is 5.91 Å². The van der Waals surface area contributed by atoms with Crippen LogP contribution in [0.15, 0.2) is 28.9 Å². The molecule has 7 heteroatoms. The standard InChI is InChI=1S/C17H20N4O3/c1-11-4-5-13-12(2)16(24-14(13)8-11)17(22)18-9-15-20-19-10-21(15)6-7-23-3/h4-5,8,10H,6-7,9H2,1-3H3,(H,18,22). The third-order valence-corrected chi connectivity index (χ3v) is 3.94. The molecule has 0 aliphatic rings. The molecular weight excluding hydrogens is 308 g/mol. The molecule has 0 spiro atoms. The number of rotatable bonds is 6. The molecular formula is C17H20N4O3. The Morgan fingerprint density at radius 1 is 1.38 bits per heavy atom. The molecule has 0 aliphatic heterocycles. The smallest absolute Gasteiger partial charge is 0.287 e. The van der Waals surface area contributed by atoms with Crippen LogP contribution in [-0.4, -0.2) is 34.4 Å². The molecule has 1 aromatic carbocycles. The molecule has 0 aliphatic carbocycles. The minimum absolute atomic E-state index is 0.261. The van der Waals surface area contributed by atoms with Crippen LogP contribution in [0.2, 0.25) is 0 Å². The lowest BCUT2D eigenvalue weighted by molar-refractivity contribution is 0.0922. The fourth-order valence-corrected chi connectivity index (χ4v) is 2.58. The zero-order chi connectivity index (χ0) is 17.1. The first-order valence-electron chi connectivity index (χ1n) is 7.73. The van der Waals surface area contributed by atoms with Gasteiger partial charge in [0.15, 0.2) is 11.6 Å². The van der Waals surface area contributed by atoms with Gasteiger partial charge in [-0.05, 0) is 25.5 Å². The largest absolute Gasteiger partial charge is 0.451 e. The Balaban J connectivity index is 1.74. The van der Waals surface area contributed by atoms with Gasteiger partial charge in [-0.3, -0.25) is 4.79 Å². The summed E-state index contributed by atoms with van der Waals surface area (Å²) in [6, 6.07) is 5.91. The van der Waals surface area contributed by atoms with Gasteiger partial charge in [0.05, 0.1) is 13.2 Å². The first-order chi connectivity index (χ1) is 11.6. The average molecular weight is 328 g/mol. The van der Waals surface area contributed by atoms with Crippen LogP contribution >= 0.6 is 0 Å². The Labute approximate surface area is 139 Å². The first-order valence-corrected chi connectivity index (χ1v) is 7.73. The minimum atomic E-state index is -0.261. The summed E-state index contributed by atoms with van der Waals surface area (Å²) in [5.74, 6) is 0.742. The van der Waals surface area contributed by atoms with Gasteiger partial charge in [-0.1, -0.05) is 12.1 Å². The van der Waals surface area contributed by atoms with Crippen molar-refractivity contribution in [1.82, 2.24) is 20.1 Å².